The van der Waals surface area contributed by atoms with E-state index in [1.165, 1.54) is 10.9 Å². The molecule has 2 saturated heterocycles. The number of piperazine rings is 1. The molecule has 0 radical (unpaired) electrons. The van der Waals surface area contributed by atoms with Crippen molar-refractivity contribution in [3.63, 3.8) is 0 Å². The molecule has 21 heavy (non-hydrogen) atoms. The lowest BCUT2D eigenvalue weighted by Crippen LogP contribution is -2.69. The maximum absolute atomic E-state index is 12.6. The van der Waals surface area contributed by atoms with Crippen LogP contribution in [0.2, 0.25) is 0 Å². The Hall–Kier alpha value is -1.52. The monoisotopic (exact) mass is 301 g/mol. The molecule has 3 aliphatic rings. The first-order valence-corrected chi connectivity index (χ1v) is 7.93. The number of hydrogen-bond acceptors (Lipinski definition) is 2. The van der Waals surface area contributed by atoms with Gasteiger partial charge in [-0.2, -0.15) is 0 Å². The molecule has 0 saturated carbocycles. The predicted octanol–water partition coefficient (Wildman–Crippen LogP) is 2.08. The highest BCUT2D eigenvalue weighted by atomic mass is 35.5. The summed E-state index contributed by atoms with van der Waals surface area (Å²) in [5.74, 6) is 0.213. The highest BCUT2D eigenvalue weighted by Gasteiger charge is 2.57. The zero-order valence-electron chi connectivity index (χ0n) is 11.5. The number of H-pyrrole nitrogens is 1. The average molecular weight is 302 g/mol. The van der Waals surface area contributed by atoms with E-state index in [0.717, 1.165) is 37.0 Å². The van der Waals surface area contributed by atoms with Gasteiger partial charge in [0, 0.05) is 17.4 Å². The minimum absolute atomic E-state index is 0.0510. The number of aromatic nitrogens is 1. The second kappa shape index (κ2) is 3.81. The Bertz CT molecular complexity index is 770. The van der Waals surface area contributed by atoms with E-state index in [0.29, 0.717) is 0 Å². The lowest BCUT2D eigenvalue weighted by Gasteiger charge is -2.49. The lowest BCUT2D eigenvalue weighted by atomic mass is 9.85. The zero-order chi connectivity index (χ0) is 14.2. The number of nitrogens with one attached hydrogen (secondary N) is 2. The van der Waals surface area contributed by atoms with Gasteiger partial charge in [0.2, 0.25) is 5.91 Å². The van der Waals surface area contributed by atoms with Crippen molar-refractivity contribution in [2.75, 3.05) is 6.54 Å². The summed E-state index contributed by atoms with van der Waals surface area (Å²) in [4.78, 5) is 17.5. The molecular weight excluding hydrogens is 286 g/mol. The van der Waals surface area contributed by atoms with Gasteiger partial charge in [0.1, 0.15) is 0 Å². The Labute approximate surface area is 127 Å². The van der Waals surface area contributed by atoms with Crippen molar-refractivity contribution in [3.05, 3.63) is 35.5 Å². The van der Waals surface area contributed by atoms with Gasteiger partial charge >= 0.3 is 0 Å². The molecule has 2 bridgehead atoms. The molecule has 3 aliphatic heterocycles. The third kappa shape index (κ3) is 1.37. The standard InChI is InChI=1S/C16H16ClN3O/c17-16-13-6-3-7-20(13)15(21)12(19-16)8-10-9-4-1-2-5-11(9)18-14(10)16/h1-2,4-5,12-13,18-19H,3,6-8H2/t12-,13-,16-/m0/s1. The maximum atomic E-state index is 12.6. The summed E-state index contributed by atoms with van der Waals surface area (Å²) < 4.78 is 0. The number of fused-ring (bicyclic) bond motifs is 8. The van der Waals surface area contributed by atoms with Gasteiger partial charge in [-0.05, 0) is 30.9 Å². The predicted molar refractivity (Wildman–Crippen MR) is 81.2 cm³/mol. The molecule has 2 fully saturated rings. The van der Waals surface area contributed by atoms with Gasteiger partial charge in [-0.3, -0.25) is 10.1 Å². The molecule has 1 amide bonds. The normalized spacial score (nSPS) is 34.1. The summed E-state index contributed by atoms with van der Waals surface area (Å²) in [6.07, 6.45) is 2.72. The van der Waals surface area contributed by atoms with Gasteiger partial charge in [-0.1, -0.05) is 29.8 Å². The number of rotatable bonds is 0. The quantitative estimate of drug-likeness (QED) is 0.578. The number of amides is 1. The number of nitrogens with zero attached hydrogens (tertiary/aromatic N) is 1. The third-order valence-corrected chi connectivity index (χ3v) is 5.81. The summed E-state index contributed by atoms with van der Waals surface area (Å²) in [6.45, 7) is 0.839. The lowest BCUT2D eigenvalue weighted by molar-refractivity contribution is -0.140. The second-order valence-electron chi connectivity index (χ2n) is 6.33. The summed E-state index contributed by atoms with van der Waals surface area (Å²) >= 11 is 7.04. The second-order valence-corrected chi connectivity index (χ2v) is 6.92. The fourth-order valence-corrected chi connectivity index (χ4v) is 4.88. The maximum Gasteiger partial charge on any atom is 0.240 e. The van der Waals surface area contributed by atoms with Crippen LogP contribution < -0.4 is 5.32 Å². The van der Waals surface area contributed by atoms with Crippen molar-refractivity contribution in [2.24, 2.45) is 0 Å². The molecule has 3 atom stereocenters. The van der Waals surface area contributed by atoms with Crippen LogP contribution in [0.4, 0.5) is 0 Å². The fraction of sp³-hybridized carbons (Fsp3) is 0.438. The molecule has 1 aromatic heterocycles. The molecule has 5 rings (SSSR count). The van der Waals surface area contributed by atoms with E-state index in [4.69, 9.17) is 11.6 Å². The number of carbonyl (C=O) groups excluding carboxylic acids is 1. The molecule has 108 valence electrons. The molecule has 5 heteroatoms. The molecule has 4 heterocycles. The number of benzene rings is 1. The molecule has 0 unspecified atom stereocenters. The first-order valence-electron chi connectivity index (χ1n) is 7.55. The van der Waals surface area contributed by atoms with Crippen LogP contribution in [0.5, 0.6) is 0 Å². The fourth-order valence-electron chi connectivity index (χ4n) is 4.36. The van der Waals surface area contributed by atoms with Crippen LogP contribution in [0.25, 0.3) is 10.9 Å². The Morgan fingerprint density at radius 1 is 1.33 bits per heavy atom. The van der Waals surface area contributed by atoms with E-state index in [2.05, 4.69) is 22.4 Å². The minimum atomic E-state index is -0.665. The molecule has 0 spiro atoms. The number of halogens is 1. The van der Waals surface area contributed by atoms with Crippen LogP contribution in [0.1, 0.15) is 24.1 Å². The van der Waals surface area contributed by atoms with E-state index < -0.39 is 5.00 Å². The van der Waals surface area contributed by atoms with Crippen molar-refractivity contribution < 1.29 is 4.79 Å². The average Bonchev–Trinajstić information content (AvgIpc) is 3.11. The van der Waals surface area contributed by atoms with Gasteiger partial charge in [0.25, 0.3) is 0 Å². The topological polar surface area (TPSA) is 48.1 Å². The van der Waals surface area contributed by atoms with E-state index in [1.807, 2.05) is 17.0 Å². The largest absolute Gasteiger partial charge is 0.356 e. The van der Waals surface area contributed by atoms with Crippen molar-refractivity contribution in [2.45, 2.75) is 36.3 Å². The Balaban J connectivity index is 1.79. The highest BCUT2D eigenvalue weighted by Crippen LogP contribution is 2.47. The van der Waals surface area contributed by atoms with Gasteiger partial charge in [-0.25, -0.2) is 0 Å². The summed E-state index contributed by atoms with van der Waals surface area (Å²) in [5, 5.41) is 4.61. The molecule has 2 N–H and O–H groups in total. The van der Waals surface area contributed by atoms with E-state index in [1.54, 1.807) is 0 Å². The van der Waals surface area contributed by atoms with Crippen LogP contribution >= 0.6 is 11.6 Å². The van der Waals surface area contributed by atoms with Crippen molar-refractivity contribution in [3.8, 4) is 0 Å². The Kier molecular flexibility index (Phi) is 2.19. The van der Waals surface area contributed by atoms with E-state index >= 15 is 0 Å². The van der Waals surface area contributed by atoms with Gasteiger partial charge < -0.3 is 9.88 Å². The van der Waals surface area contributed by atoms with Crippen LogP contribution in [-0.4, -0.2) is 34.4 Å². The number of para-hydroxylation sites is 1. The number of carbonyl (C=O) groups is 1. The highest BCUT2D eigenvalue weighted by molar-refractivity contribution is 6.25. The minimum Gasteiger partial charge on any atom is -0.356 e. The van der Waals surface area contributed by atoms with E-state index in [9.17, 15) is 4.79 Å². The first kappa shape index (κ1) is 12.1. The molecular formula is C16H16ClN3O. The van der Waals surface area contributed by atoms with Crippen molar-refractivity contribution >= 4 is 28.4 Å². The van der Waals surface area contributed by atoms with Crippen LogP contribution in [0.3, 0.4) is 0 Å². The summed E-state index contributed by atoms with van der Waals surface area (Å²) in [6, 6.07) is 8.12. The first-order chi connectivity index (χ1) is 10.2. The molecule has 1 aromatic carbocycles. The third-order valence-electron chi connectivity index (χ3n) is 5.26. The van der Waals surface area contributed by atoms with Crippen molar-refractivity contribution in [1.29, 1.82) is 0 Å². The Morgan fingerprint density at radius 3 is 3.10 bits per heavy atom. The SMILES string of the molecule is O=C1[C@@H]2Cc3c([nH]c4ccccc34)[C@@](Cl)(N2)[C@@H]2CCCN12. The molecule has 2 aromatic rings. The molecule has 0 aliphatic carbocycles. The summed E-state index contributed by atoms with van der Waals surface area (Å²) in [7, 11) is 0. The number of aromatic amines is 1. The summed E-state index contributed by atoms with van der Waals surface area (Å²) in [5.41, 5.74) is 3.38. The number of hydrogen-bond donors (Lipinski definition) is 2. The van der Waals surface area contributed by atoms with Gasteiger partial charge in [0.05, 0.1) is 17.8 Å². The Morgan fingerprint density at radius 2 is 2.19 bits per heavy atom. The number of alkyl halides is 1. The van der Waals surface area contributed by atoms with E-state index in [-0.39, 0.29) is 18.0 Å². The van der Waals surface area contributed by atoms with Crippen LogP contribution in [-0.2, 0) is 16.2 Å². The molecule has 4 nitrogen and oxygen atoms in total. The van der Waals surface area contributed by atoms with Crippen LogP contribution in [0, 0.1) is 0 Å². The van der Waals surface area contributed by atoms with Crippen molar-refractivity contribution in [1.82, 2.24) is 15.2 Å². The van der Waals surface area contributed by atoms with Gasteiger partial charge in [-0.15, -0.1) is 0 Å². The zero-order valence-corrected chi connectivity index (χ0v) is 12.3. The van der Waals surface area contributed by atoms with Gasteiger partial charge in [0.15, 0.2) is 5.00 Å². The van der Waals surface area contributed by atoms with Crippen LogP contribution in [0.15, 0.2) is 24.3 Å². The smallest absolute Gasteiger partial charge is 0.240 e.